The van der Waals surface area contributed by atoms with E-state index in [9.17, 15) is 9.59 Å². The van der Waals surface area contributed by atoms with E-state index in [1.165, 1.54) is 18.3 Å². The van der Waals surface area contributed by atoms with Crippen LogP contribution in [0.5, 0.6) is 0 Å². The van der Waals surface area contributed by atoms with Crippen molar-refractivity contribution in [1.82, 2.24) is 4.98 Å². The number of thiazole rings is 1. The molecule has 1 aliphatic heterocycles. The summed E-state index contributed by atoms with van der Waals surface area (Å²) in [6.07, 6.45) is 0. The number of amides is 2. The number of anilines is 3. The SMILES string of the molecule is CC(=O)Nc1nc(C(=O)Nc2ccc(N3CCOCC3)cc2)cs1. The van der Waals surface area contributed by atoms with Crippen LogP contribution in [0.1, 0.15) is 17.4 Å². The molecule has 1 fully saturated rings. The molecule has 3 rings (SSSR count). The lowest BCUT2D eigenvalue weighted by atomic mass is 10.2. The van der Waals surface area contributed by atoms with Gasteiger partial charge >= 0.3 is 0 Å². The zero-order chi connectivity index (χ0) is 16.9. The molecule has 1 aromatic carbocycles. The number of nitrogens with one attached hydrogen (secondary N) is 2. The molecule has 0 bridgehead atoms. The van der Waals surface area contributed by atoms with Crippen LogP contribution in [-0.2, 0) is 9.53 Å². The second kappa shape index (κ2) is 7.41. The lowest BCUT2D eigenvalue weighted by molar-refractivity contribution is -0.114. The van der Waals surface area contributed by atoms with Crippen molar-refractivity contribution < 1.29 is 14.3 Å². The standard InChI is InChI=1S/C16H18N4O3S/c1-11(21)17-16-19-14(10-24-16)15(22)18-12-2-4-13(5-3-12)20-6-8-23-9-7-20/h2-5,10H,6-9H2,1H3,(H,18,22)(H,17,19,21). The highest BCUT2D eigenvalue weighted by Crippen LogP contribution is 2.20. The lowest BCUT2D eigenvalue weighted by Gasteiger charge is -2.28. The van der Waals surface area contributed by atoms with Gasteiger partial charge in [-0.3, -0.25) is 9.59 Å². The summed E-state index contributed by atoms with van der Waals surface area (Å²) in [7, 11) is 0. The highest BCUT2D eigenvalue weighted by molar-refractivity contribution is 7.14. The average Bonchev–Trinajstić information content (AvgIpc) is 3.04. The largest absolute Gasteiger partial charge is 0.378 e. The molecule has 0 atom stereocenters. The molecule has 1 saturated heterocycles. The van der Waals surface area contributed by atoms with E-state index in [4.69, 9.17) is 4.74 Å². The van der Waals surface area contributed by atoms with Gasteiger partial charge in [-0.1, -0.05) is 0 Å². The fraction of sp³-hybridized carbons (Fsp3) is 0.312. The van der Waals surface area contributed by atoms with E-state index in [1.54, 1.807) is 5.38 Å². The Bertz CT molecular complexity index is 723. The highest BCUT2D eigenvalue weighted by atomic mass is 32.1. The van der Waals surface area contributed by atoms with Gasteiger partial charge in [0.1, 0.15) is 5.69 Å². The summed E-state index contributed by atoms with van der Waals surface area (Å²) in [5.41, 5.74) is 2.09. The molecule has 0 unspecified atom stereocenters. The monoisotopic (exact) mass is 346 g/mol. The molecule has 126 valence electrons. The zero-order valence-electron chi connectivity index (χ0n) is 13.2. The van der Waals surface area contributed by atoms with Crippen LogP contribution in [0, 0.1) is 0 Å². The fourth-order valence-corrected chi connectivity index (χ4v) is 3.09. The van der Waals surface area contributed by atoms with Crippen LogP contribution in [0.3, 0.4) is 0 Å². The third-order valence-corrected chi connectivity index (χ3v) is 4.28. The number of rotatable bonds is 4. The molecule has 0 aliphatic carbocycles. The summed E-state index contributed by atoms with van der Waals surface area (Å²) in [4.78, 5) is 29.5. The third-order valence-electron chi connectivity index (χ3n) is 3.52. The zero-order valence-corrected chi connectivity index (χ0v) is 14.1. The Balaban J connectivity index is 1.61. The molecule has 2 amide bonds. The first-order valence-electron chi connectivity index (χ1n) is 7.59. The second-order valence-corrected chi connectivity index (χ2v) is 6.18. The van der Waals surface area contributed by atoms with Gasteiger partial charge in [0.15, 0.2) is 5.13 Å². The first-order chi connectivity index (χ1) is 11.6. The van der Waals surface area contributed by atoms with Gasteiger partial charge in [-0.15, -0.1) is 11.3 Å². The van der Waals surface area contributed by atoms with Gasteiger partial charge in [0.05, 0.1) is 13.2 Å². The van der Waals surface area contributed by atoms with Gasteiger partial charge in [-0.05, 0) is 24.3 Å². The second-order valence-electron chi connectivity index (χ2n) is 5.32. The van der Waals surface area contributed by atoms with Crippen molar-refractivity contribution in [3.8, 4) is 0 Å². The normalized spacial score (nSPS) is 14.3. The number of carbonyl (C=O) groups is 2. The van der Waals surface area contributed by atoms with Crippen LogP contribution >= 0.6 is 11.3 Å². The van der Waals surface area contributed by atoms with Crippen molar-refractivity contribution in [3.05, 3.63) is 35.3 Å². The number of morpholine rings is 1. The number of hydrogen-bond acceptors (Lipinski definition) is 6. The molecule has 24 heavy (non-hydrogen) atoms. The van der Waals surface area contributed by atoms with Crippen LogP contribution in [-0.4, -0.2) is 43.1 Å². The van der Waals surface area contributed by atoms with Gasteiger partial charge in [0, 0.05) is 36.8 Å². The number of aromatic nitrogens is 1. The number of hydrogen-bond donors (Lipinski definition) is 2. The van der Waals surface area contributed by atoms with Gasteiger partial charge in [0.25, 0.3) is 5.91 Å². The number of carbonyl (C=O) groups excluding carboxylic acids is 2. The number of benzene rings is 1. The maximum Gasteiger partial charge on any atom is 0.275 e. The molecule has 7 nitrogen and oxygen atoms in total. The Hall–Kier alpha value is -2.45. The van der Waals surface area contributed by atoms with Gasteiger partial charge < -0.3 is 20.3 Å². The van der Waals surface area contributed by atoms with E-state index in [0.29, 0.717) is 10.8 Å². The Kier molecular flexibility index (Phi) is 5.07. The smallest absolute Gasteiger partial charge is 0.275 e. The van der Waals surface area contributed by atoms with E-state index in [2.05, 4.69) is 20.5 Å². The van der Waals surface area contributed by atoms with Gasteiger partial charge in [-0.2, -0.15) is 0 Å². The van der Waals surface area contributed by atoms with E-state index in [-0.39, 0.29) is 17.5 Å². The van der Waals surface area contributed by atoms with E-state index in [0.717, 1.165) is 32.0 Å². The molecule has 0 radical (unpaired) electrons. The van der Waals surface area contributed by atoms with Crippen molar-refractivity contribution in [2.75, 3.05) is 41.8 Å². The lowest BCUT2D eigenvalue weighted by Crippen LogP contribution is -2.36. The average molecular weight is 346 g/mol. The van der Waals surface area contributed by atoms with Crippen LogP contribution in [0.4, 0.5) is 16.5 Å². The molecule has 0 spiro atoms. The molecule has 2 N–H and O–H groups in total. The molecule has 2 aromatic rings. The molecule has 2 heterocycles. The third kappa shape index (κ3) is 4.09. The summed E-state index contributed by atoms with van der Waals surface area (Å²) < 4.78 is 5.34. The van der Waals surface area contributed by atoms with Crippen LogP contribution in [0.25, 0.3) is 0 Å². The Morgan fingerprint density at radius 2 is 1.88 bits per heavy atom. The van der Waals surface area contributed by atoms with Crippen LogP contribution in [0.15, 0.2) is 29.6 Å². The predicted molar refractivity (Wildman–Crippen MR) is 93.8 cm³/mol. The van der Waals surface area contributed by atoms with Crippen LogP contribution in [0.2, 0.25) is 0 Å². The highest BCUT2D eigenvalue weighted by Gasteiger charge is 2.13. The van der Waals surface area contributed by atoms with Gasteiger partial charge in [-0.25, -0.2) is 4.98 Å². The fourth-order valence-electron chi connectivity index (χ4n) is 2.36. The molecule has 1 aromatic heterocycles. The minimum atomic E-state index is -0.304. The molecule has 8 heteroatoms. The van der Waals surface area contributed by atoms with Crippen molar-refractivity contribution in [2.24, 2.45) is 0 Å². The summed E-state index contributed by atoms with van der Waals surface area (Å²) in [6.45, 7) is 4.61. The molecular weight excluding hydrogens is 328 g/mol. The van der Waals surface area contributed by atoms with E-state index >= 15 is 0 Å². The van der Waals surface area contributed by atoms with Gasteiger partial charge in [0.2, 0.25) is 5.91 Å². The Labute approximate surface area is 143 Å². The summed E-state index contributed by atoms with van der Waals surface area (Å²) >= 11 is 1.22. The van der Waals surface area contributed by atoms with Crippen molar-refractivity contribution in [1.29, 1.82) is 0 Å². The van der Waals surface area contributed by atoms with Crippen molar-refractivity contribution in [3.63, 3.8) is 0 Å². The number of ether oxygens (including phenoxy) is 1. The minimum Gasteiger partial charge on any atom is -0.378 e. The maximum atomic E-state index is 12.2. The Morgan fingerprint density at radius 3 is 2.54 bits per heavy atom. The van der Waals surface area contributed by atoms with E-state index < -0.39 is 0 Å². The quantitative estimate of drug-likeness (QED) is 0.887. The predicted octanol–water partition coefficient (Wildman–Crippen LogP) is 2.19. The number of nitrogens with zero attached hydrogens (tertiary/aromatic N) is 2. The van der Waals surface area contributed by atoms with Crippen LogP contribution < -0.4 is 15.5 Å². The maximum absolute atomic E-state index is 12.2. The van der Waals surface area contributed by atoms with E-state index in [1.807, 2.05) is 24.3 Å². The summed E-state index contributed by atoms with van der Waals surface area (Å²) in [5, 5.41) is 7.39. The summed E-state index contributed by atoms with van der Waals surface area (Å²) in [6, 6.07) is 7.68. The minimum absolute atomic E-state index is 0.213. The first kappa shape index (κ1) is 16.4. The summed E-state index contributed by atoms with van der Waals surface area (Å²) in [5.74, 6) is -0.517. The van der Waals surface area contributed by atoms with Crippen molar-refractivity contribution in [2.45, 2.75) is 6.92 Å². The molecular formula is C16H18N4O3S. The topological polar surface area (TPSA) is 83.6 Å². The Morgan fingerprint density at radius 1 is 1.17 bits per heavy atom. The first-order valence-corrected chi connectivity index (χ1v) is 8.47. The molecule has 1 aliphatic rings. The molecule has 0 saturated carbocycles. The van der Waals surface area contributed by atoms with Crippen molar-refractivity contribution >= 4 is 39.7 Å².